The van der Waals surface area contributed by atoms with E-state index in [0.717, 1.165) is 5.56 Å². The van der Waals surface area contributed by atoms with Crippen molar-refractivity contribution >= 4 is 0 Å². The molecule has 0 N–H and O–H groups in total. The first-order valence-electron chi connectivity index (χ1n) is 6.54. The summed E-state index contributed by atoms with van der Waals surface area (Å²) in [6.45, 7) is 0.910. The SMILES string of the molecule is N#CCCCn1cccc(OCc2ccccc2)c1=O. The lowest BCUT2D eigenvalue weighted by Crippen LogP contribution is -2.21. The van der Waals surface area contributed by atoms with E-state index in [1.165, 1.54) is 0 Å². The van der Waals surface area contributed by atoms with Gasteiger partial charge in [0.25, 0.3) is 5.56 Å². The molecule has 0 aliphatic rings. The zero-order valence-corrected chi connectivity index (χ0v) is 11.2. The third kappa shape index (κ3) is 3.72. The summed E-state index contributed by atoms with van der Waals surface area (Å²) in [7, 11) is 0. The van der Waals surface area contributed by atoms with Crippen molar-refractivity contribution in [1.29, 1.82) is 5.26 Å². The van der Waals surface area contributed by atoms with Gasteiger partial charge in [-0.2, -0.15) is 5.26 Å². The summed E-state index contributed by atoms with van der Waals surface area (Å²) in [5.74, 6) is 0.341. The minimum atomic E-state index is -0.152. The normalized spacial score (nSPS) is 9.95. The average Bonchev–Trinajstić information content (AvgIpc) is 2.49. The number of unbranched alkanes of at least 4 members (excludes halogenated alkanes) is 1. The number of aromatic nitrogens is 1. The first kappa shape index (κ1) is 13.9. The Labute approximate surface area is 117 Å². The van der Waals surface area contributed by atoms with Gasteiger partial charge < -0.3 is 9.30 Å². The number of ether oxygens (including phenoxy) is 1. The minimum Gasteiger partial charge on any atom is -0.483 e. The summed E-state index contributed by atoms with van der Waals surface area (Å²) in [6.07, 6.45) is 2.83. The van der Waals surface area contributed by atoms with Crippen LogP contribution in [0.5, 0.6) is 5.75 Å². The zero-order valence-electron chi connectivity index (χ0n) is 11.2. The van der Waals surface area contributed by atoms with Gasteiger partial charge in [-0.15, -0.1) is 0 Å². The molecular weight excluding hydrogens is 252 g/mol. The Hall–Kier alpha value is -2.54. The number of nitrogens with zero attached hydrogens (tertiary/aromatic N) is 2. The second kappa shape index (κ2) is 7.15. The molecule has 4 heteroatoms. The summed E-state index contributed by atoms with van der Waals surface area (Å²) in [6, 6.07) is 15.2. The molecule has 102 valence electrons. The van der Waals surface area contributed by atoms with E-state index in [-0.39, 0.29) is 5.56 Å². The van der Waals surface area contributed by atoms with E-state index in [1.54, 1.807) is 22.9 Å². The highest BCUT2D eigenvalue weighted by Crippen LogP contribution is 2.07. The Morgan fingerprint density at radius 2 is 1.95 bits per heavy atom. The van der Waals surface area contributed by atoms with Gasteiger partial charge in [0.15, 0.2) is 5.75 Å². The second-order valence-corrected chi connectivity index (χ2v) is 4.41. The van der Waals surface area contributed by atoms with Gasteiger partial charge in [0.05, 0.1) is 6.07 Å². The number of hydrogen-bond acceptors (Lipinski definition) is 3. The van der Waals surface area contributed by atoms with Crippen LogP contribution in [0, 0.1) is 11.3 Å². The fraction of sp³-hybridized carbons (Fsp3) is 0.250. The molecule has 0 aliphatic heterocycles. The van der Waals surface area contributed by atoms with Crippen molar-refractivity contribution < 1.29 is 4.74 Å². The van der Waals surface area contributed by atoms with Gasteiger partial charge in [-0.25, -0.2) is 0 Å². The van der Waals surface area contributed by atoms with Gasteiger partial charge >= 0.3 is 0 Å². The summed E-state index contributed by atoms with van der Waals surface area (Å²) >= 11 is 0. The van der Waals surface area contributed by atoms with Crippen molar-refractivity contribution in [3.8, 4) is 11.8 Å². The fourth-order valence-corrected chi connectivity index (χ4v) is 1.86. The van der Waals surface area contributed by atoms with Crippen LogP contribution in [0.1, 0.15) is 18.4 Å². The van der Waals surface area contributed by atoms with Crippen LogP contribution in [0.4, 0.5) is 0 Å². The van der Waals surface area contributed by atoms with E-state index in [9.17, 15) is 4.79 Å². The summed E-state index contributed by atoms with van der Waals surface area (Å²) < 4.78 is 7.15. The van der Waals surface area contributed by atoms with E-state index in [2.05, 4.69) is 6.07 Å². The van der Waals surface area contributed by atoms with Crippen LogP contribution in [0.25, 0.3) is 0 Å². The van der Waals surface area contributed by atoms with Gasteiger partial charge in [0.2, 0.25) is 0 Å². The molecule has 0 saturated carbocycles. The molecule has 0 spiro atoms. The molecule has 0 atom stereocenters. The third-order valence-corrected chi connectivity index (χ3v) is 2.91. The number of benzene rings is 1. The lowest BCUT2D eigenvalue weighted by atomic mass is 10.2. The highest BCUT2D eigenvalue weighted by Gasteiger charge is 2.04. The molecule has 0 amide bonds. The Morgan fingerprint density at radius 3 is 2.70 bits per heavy atom. The monoisotopic (exact) mass is 268 g/mol. The van der Waals surface area contributed by atoms with Crippen molar-refractivity contribution in [2.45, 2.75) is 26.0 Å². The minimum absolute atomic E-state index is 0.152. The molecule has 4 nitrogen and oxygen atoms in total. The van der Waals surface area contributed by atoms with Gasteiger partial charge in [-0.3, -0.25) is 4.79 Å². The van der Waals surface area contributed by atoms with Crippen LogP contribution in [-0.4, -0.2) is 4.57 Å². The molecule has 1 aromatic heterocycles. The molecule has 20 heavy (non-hydrogen) atoms. The average molecular weight is 268 g/mol. The van der Waals surface area contributed by atoms with Crippen LogP contribution in [0.15, 0.2) is 53.5 Å². The molecule has 1 aromatic carbocycles. The lowest BCUT2D eigenvalue weighted by Gasteiger charge is -2.09. The summed E-state index contributed by atoms with van der Waals surface area (Å²) in [5, 5.41) is 8.52. The standard InChI is InChI=1S/C16H16N2O2/c17-10-4-5-11-18-12-6-9-15(16(18)19)20-13-14-7-2-1-3-8-14/h1-3,6-9,12H,4-5,11,13H2. The van der Waals surface area contributed by atoms with Crippen molar-refractivity contribution in [1.82, 2.24) is 4.57 Å². The fourth-order valence-electron chi connectivity index (χ4n) is 1.86. The Balaban J connectivity index is 2.03. The van der Waals surface area contributed by atoms with Crippen molar-refractivity contribution in [3.63, 3.8) is 0 Å². The number of nitriles is 1. The van der Waals surface area contributed by atoms with Crippen LogP contribution >= 0.6 is 0 Å². The smallest absolute Gasteiger partial charge is 0.292 e. The highest BCUT2D eigenvalue weighted by molar-refractivity contribution is 5.19. The van der Waals surface area contributed by atoms with Gasteiger partial charge in [-0.05, 0) is 24.1 Å². The van der Waals surface area contributed by atoms with E-state index >= 15 is 0 Å². The van der Waals surface area contributed by atoms with E-state index < -0.39 is 0 Å². The molecule has 2 aromatic rings. The van der Waals surface area contributed by atoms with Crippen molar-refractivity contribution in [2.24, 2.45) is 0 Å². The first-order valence-corrected chi connectivity index (χ1v) is 6.54. The predicted octanol–water partition coefficient (Wildman–Crippen LogP) is 2.73. The Bertz CT molecular complexity index is 642. The lowest BCUT2D eigenvalue weighted by molar-refractivity contribution is 0.298. The quantitative estimate of drug-likeness (QED) is 0.757. The van der Waals surface area contributed by atoms with E-state index in [1.807, 2.05) is 30.3 Å². The molecule has 0 unspecified atom stereocenters. The predicted molar refractivity (Wildman–Crippen MR) is 76.3 cm³/mol. The number of hydrogen-bond donors (Lipinski definition) is 0. The third-order valence-electron chi connectivity index (χ3n) is 2.91. The Morgan fingerprint density at radius 1 is 1.15 bits per heavy atom. The molecule has 0 saturated heterocycles. The number of rotatable bonds is 6. The van der Waals surface area contributed by atoms with E-state index in [4.69, 9.17) is 10.00 Å². The van der Waals surface area contributed by atoms with Gasteiger partial charge in [0.1, 0.15) is 6.61 Å². The van der Waals surface area contributed by atoms with Crippen LogP contribution in [0.3, 0.4) is 0 Å². The topological polar surface area (TPSA) is 55.0 Å². The van der Waals surface area contributed by atoms with Gasteiger partial charge in [0, 0.05) is 19.2 Å². The van der Waals surface area contributed by atoms with Crippen LogP contribution < -0.4 is 10.3 Å². The number of pyridine rings is 1. The largest absolute Gasteiger partial charge is 0.483 e. The van der Waals surface area contributed by atoms with Crippen LogP contribution in [-0.2, 0) is 13.2 Å². The van der Waals surface area contributed by atoms with Crippen LogP contribution in [0.2, 0.25) is 0 Å². The highest BCUT2D eigenvalue weighted by atomic mass is 16.5. The summed E-state index contributed by atoms with van der Waals surface area (Å²) in [5.41, 5.74) is 0.869. The molecule has 0 radical (unpaired) electrons. The number of aryl methyl sites for hydroxylation is 1. The molecule has 0 bridgehead atoms. The maximum Gasteiger partial charge on any atom is 0.292 e. The second-order valence-electron chi connectivity index (χ2n) is 4.41. The van der Waals surface area contributed by atoms with Crippen molar-refractivity contribution in [2.75, 3.05) is 0 Å². The maximum atomic E-state index is 12.1. The molecule has 2 rings (SSSR count). The zero-order chi connectivity index (χ0) is 14.2. The molecule has 0 aliphatic carbocycles. The Kier molecular flexibility index (Phi) is 4.96. The van der Waals surface area contributed by atoms with Gasteiger partial charge in [-0.1, -0.05) is 30.3 Å². The summed E-state index contributed by atoms with van der Waals surface area (Å²) in [4.78, 5) is 12.1. The molecule has 0 fully saturated rings. The molecular formula is C16H16N2O2. The van der Waals surface area contributed by atoms with Crippen molar-refractivity contribution in [3.05, 3.63) is 64.6 Å². The maximum absolute atomic E-state index is 12.1. The van der Waals surface area contributed by atoms with E-state index in [0.29, 0.717) is 31.7 Å². The molecule has 1 heterocycles. The first-order chi connectivity index (χ1) is 9.81.